The Hall–Kier alpha value is -2.03. The van der Waals surface area contributed by atoms with Crippen LogP contribution in [0.4, 0.5) is 9.52 Å². The number of thiazole rings is 2. The van der Waals surface area contributed by atoms with Crippen molar-refractivity contribution in [2.45, 2.75) is 10.8 Å². The van der Waals surface area contributed by atoms with Crippen molar-refractivity contribution in [3.8, 4) is 0 Å². The van der Waals surface area contributed by atoms with Crippen LogP contribution in [0.2, 0.25) is 0 Å². The van der Waals surface area contributed by atoms with Crippen LogP contribution >= 0.6 is 34.4 Å². The van der Waals surface area contributed by atoms with Crippen LogP contribution in [0.3, 0.4) is 0 Å². The van der Waals surface area contributed by atoms with Crippen molar-refractivity contribution in [2.24, 2.45) is 0 Å². The monoisotopic (exact) mass is 389 g/mol. The van der Waals surface area contributed by atoms with Gasteiger partial charge in [-0.2, -0.15) is 0 Å². The lowest BCUT2D eigenvalue weighted by Crippen LogP contribution is -2.14. The number of anilines is 1. The maximum Gasteiger partial charge on any atom is 0.230 e. The van der Waals surface area contributed by atoms with Gasteiger partial charge in [0.15, 0.2) is 9.47 Å². The van der Waals surface area contributed by atoms with Crippen molar-refractivity contribution in [2.75, 3.05) is 11.6 Å². The summed E-state index contributed by atoms with van der Waals surface area (Å²) >= 11 is 4.70. The fraction of sp³-hybridized carbons (Fsp3) is 0.118. The molecule has 0 aliphatic rings. The number of thioether (sulfide) groups is 1. The van der Waals surface area contributed by atoms with Crippen LogP contribution in [0, 0.1) is 5.82 Å². The first-order valence-electron chi connectivity index (χ1n) is 7.41. The number of fused-ring (bicyclic) bond motifs is 3. The van der Waals surface area contributed by atoms with E-state index in [2.05, 4.69) is 15.3 Å². The molecule has 8 heteroatoms. The Labute approximate surface area is 155 Å². The van der Waals surface area contributed by atoms with E-state index in [-0.39, 0.29) is 18.1 Å². The molecule has 0 spiro atoms. The molecule has 2 aromatic carbocycles. The van der Waals surface area contributed by atoms with E-state index in [9.17, 15) is 9.18 Å². The minimum Gasteiger partial charge on any atom is -0.302 e. The predicted octanol–water partition coefficient (Wildman–Crippen LogP) is 4.95. The molecule has 2 aromatic heterocycles. The van der Waals surface area contributed by atoms with Crippen molar-refractivity contribution < 1.29 is 9.18 Å². The van der Waals surface area contributed by atoms with Crippen LogP contribution in [-0.4, -0.2) is 22.1 Å². The molecular weight excluding hydrogens is 377 g/mol. The molecule has 0 aliphatic carbocycles. The number of carbonyl (C=O) groups excluding carboxylic acids is 1. The smallest absolute Gasteiger partial charge is 0.230 e. The number of carbonyl (C=O) groups is 1. The van der Waals surface area contributed by atoms with Gasteiger partial charge in [-0.05, 0) is 36.1 Å². The summed E-state index contributed by atoms with van der Waals surface area (Å²) in [5.41, 5.74) is 2.56. The maximum absolute atomic E-state index is 12.9. The Kier molecular flexibility index (Phi) is 4.41. The van der Waals surface area contributed by atoms with E-state index in [0.29, 0.717) is 5.13 Å². The lowest BCUT2D eigenvalue weighted by atomic mass is 10.1. The van der Waals surface area contributed by atoms with Gasteiger partial charge in [0.2, 0.25) is 5.91 Å². The van der Waals surface area contributed by atoms with Gasteiger partial charge in [-0.15, -0.1) is 11.3 Å². The van der Waals surface area contributed by atoms with Crippen LogP contribution in [0.5, 0.6) is 0 Å². The van der Waals surface area contributed by atoms with Crippen molar-refractivity contribution >= 4 is 65.9 Å². The summed E-state index contributed by atoms with van der Waals surface area (Å²) in [7, 11) is 0. The Balaban J connectivity index is 1.58. The molecule has 126 valence electrons. The SMILES string of the molecule is CSc1nc2ccc3nc(NC(=O)Cc4ccc(F)cc4)sc3c2s1. The molecule has 4 nitrogen and oxygen atoms in total. The molecular formula is C17H12FN3OS3. The van der Waals surface area contributed by atoms with Crippen LogP contribution in [0.15, 0.2) is 40.7 Å². The van der Waals surface area contributed by atoms with Crippen molar-refractivity contribution in [1.82, 2.24) is 9.97 Å². The van der Waals surface area contributed by atoms with Crippen LogP contribution < -0.4 is 5.32 Å². The van der Waals surface area contributed by atoms with Gasteiger partial charge in [0.1, 0.15) is 5.82 Å². The maximum atomic E-state index is 12.9. The Morgan fingerprint density at radius 2 is 1.76 bits per heavy atom. The zero-order valence-corrected chi connectivity index (χ0v) is 15.5. The zero-order valence-electron chi connectivity index (χ0n) is 13.1. The second-order valence-electron chi connectivity index (χ2n) is 5.32. The highest BCUT2D eigenvalue weighted by molar-refractivity contribution is 8.00. The van der Waals surface area contributed by atoms with Crippen molar-refractivity contribution in [1.29, 1.82) is 0 Å². The van der Waals surface area contributed by atoms with E-state index in [1.807, 2.05) is 18.4 Å². The number of hydrogen-bond acceptors (Lipinski definition) is 6. The molecule has 4 aromatic rings. The molecule has 2 heterocycles. The molecule has 0 fully saturated rings. The average Bonchev–Trinajstić information content (AvgIpc) is 3.19. The zero-order chi connectivity index (χ0) is 17.4. The first-order chi connectivity index (χ1) is 12.1. The van der Waals surface area contributed by atoms with Gasteiger partial charge in [-0.3, -0.25) is 4.79 Å². The van der Waals surface area contributed by atoms with Crippen LogP contribution in [-0.2, 0) is 11.2 Å². The normalized spacial score (nSPS) is 11.3. The molecule has 0 atom stereocenters. The Morgan fingerprint density at radius 1 is 1.08 bits per heavy atom. The van der Waals surface area contributed by atoms with Gasteiger partial charge in [-0.1, -0.05) is 35.2 Å². The lowest BCUT2D eigenvalue weighted by Gasteiger charge is -2.01. The predicted molar refractivity (Wildman–Crippen MR) is 103 cm³/mol. The van der Waals surface area contributed by atoms with Gasteiger partial charge in [0, 0.05) is 0 Å². The average molecular weight is 390 g/mol. The molecule has 0 unspecified atom stereocenters. The summed E-state index contributed by atoms with van der Waals surface area (Å²) in [5, 5.41) is 3.40. The van der Waals surface area contributed by atoms with Crippen molar-refractivity contribution in [3.63, 3.8) is 0 Å². The third-order valence-electron chi connectivity index (χ3n) is 3.59. The second kappa shape index (κ2) is 6.70. The van der Waals surface area contributed by atoms with E-state index in [1.54, 1.807) is 35.2 Å². The van der Waals surface area contributed by atoms with Gasteiger partial charge in [0.05, 0.1) is 26.9 Å². The fourth-order valence-electron chi connectivity index (χ4n) is 2.44. The van der Waals surface area contributed by atoms with E-state index in [0.717, 1.165) is 30.3 Å². The van der Waals surface area contributed by atoms with Crippen LogP contribution in [0.25, 0.3) is 20.4 Å². The number of nitrogens with zero attached hydrogens (tertiary/aromatic N) is 2. The van der Waals surface area contributed by atoms with Gasteiger partial charge >= 0.3 is 0 Å². The summed E-state index contributed by atoms with van der Waals surface area (Å²) in [6, 6.07) is 9.80. The quantitative estimate of drug-likeness (QED) is 0.502. The van der Waals surface area contributed by atoms with Crippen LogP contribution in [0.1, 0.15) is 5.56 Å². The topological polar surface area (TPSA) is 54.9 Å². The second-order valence-corrected chi connectivity index (χ2v) is 8.37. The number of hydrogen-bond donors (Lipinski definition) is 1. The Bertz CT molecular complexity index is 1070. The number of rotatable bonds is 4. The highest BCUT2D eigenvalue weighted by Crippen LogP contribution is 2.37. The summed E-state index contributed by atoms with van der Waals surface area (Å²) < 4.78 is 16.1. The number of aromatic nitrogens is 2. The number of amides is 1. The number of halogens is 1. The Morgan fingerprint density at radius 3 is 2.48 bits per heavy atom. The molecule has 0 aliphatic heterocycles. The number of nitrogens with one attached hydrogen (secondary N) is 1. The standard InChI is InChI=1S/C17H12FN3OS3/c1-23-17-20-12-7-6-11-14(15(12)25-17)24-16(19-11)21-13(22)8-9-2-4-10(18)5-3-9/h2-7H,8H2,1H3,(H,19,21,22). The minimum absolute atomic E-state index is 0.170. The molecule has 1 N–H and O–H groups in total. The molecule has 0 saturated heterocycles. The summed E-state index contributed by atoms with van der Waals surface area (Å²) in [4.78, 5) is 21.3. The molecule has 0 radical (unpaired) electrons. The molecule has 1 amide bonds. The van der Waals surface area contributed by atoms with E-state index in [4.69, 9.17) is 0 Å². The summed E-state index contributed by atoms with van der Waals surface area (Å²) in [6.07, 6.45) is 2.19. The molecule has 0 bridgehead atoms. The van der Waals surface area contributed by atoms with Gasteiger partial charge in [-0.25, -0.2) is 14.4 Å². The van der Waals surface area contributed by atoms with E-state index in [1.165, 1.54) is 23.5 Å². The first-order valence-corrected chi connectivity index (χ1v) is 10.3. The van der Waals surface area contributed by atoms with E-state index < -0.39 is 0 Å². The molecule has 0 saturated carbocycles. The molecule has 4 rings (SSSR count). The number of benzene rings is 2. The van der Waals surface area contributed by atoms with Crippen molar-refractivity contribution in [3.05, 3.63) is 47.8 Å². The minimum atomic E-state index is -0.312. The summed E-state index contributed by atoms with van der Waals surface area (Å²) in [5.74, 6) is -0.482. The fourth-order valence-corrected chi connectivity index (χ4v) is 5.12. The van der Waals surface area contributed by atoms with Gasteiger partial charge < -0.3 is 5.32 Å². The highest BCUT2D eigenvalue weighted by Gasteiger charge is 2.13. The largest absolute Gasteiger partial charge is 0.302 e. The van der Waals surface area contributed by atoms with Gasteiger partial charge in [0.25, 0.3) is 0 Å². The highest BCUT2D eigenvalue weighted by atomic mass is 32.2. The third kappa shape index (κ3) is 3.37. The third-order valence-corrected chi connectivity index (χ3v) is 6.80. The molecule has 25 heavy (non-hydrogen) atoms. The lowest BCUT2D eigenvalue weighted by molar-refractivity contribution is -0.115. The van der Waals surface area contributed by atoms with E-state index >= 15 is 0 Å². The first kappa shape index (κ1) is 16.4. The summed E-state index contributed by atoms with van der Waals surface area (Å²) in [6.45, 7) is 0.